The summed E-state index contributed by atoms with van der Waals surface area (Å²) in [4.78, 5) is 22.0. The highest BCUT2D eigenvalue weighted by Gasteiger charge is 2.32. The van der Waals surface area contributed by atoms with E-state index in [2.05, 4.69) is 4.74 Å². The van der Waals surface area contributed by atoms with E-state index < -0.39 is 22.5 Å². The van der Waals surface area contributed by atoms with Gasteiger partial charge in [0.05, 0.1) is 23.7 Å². The molecule has 0 heterocycles. The van der Waals surface area contributed by atoms with E-state index in [1.165, 1.54) is 13.2 Å². The standard InChI is InChI=1S/C14H20N2O5/c1-9(8-14(3,15)13(17)20-4)21-12-7-5-6-11(10(12)2)16(18)19/h5-7,9H,8,15H2,1-4H3. The van der Waals surface area contributed by atoms with Gasteiger partial charge in [0, 0.05) is 12.5 Å². The lowest BCUT2D eigenvalue weighted by molar-refractivity contribution is -0.385. The topological polar surface area (TPSA) is 105 Å². The molecule has 0 radical (unpaired) electrons. The van der Waals surface area contributed by atoms with E-state index in [0.29, 0.717) is 11.3 Å². The zero-order valence-electron chi connectivity index (χ0n) is 12.6. The van der Waals surface area contributed by atoms with E-state index in [4.69, 9.17) is 10.5 Å². The van der Waals surface area contributed by atoms with Gasteiger partial charge in [0.25, 0.3) is 5.69 Å². The Labute approximate surface area is 123 Å². The minimum Gasteiger partial charge on any atom is -0.490 e. The first-order valence-corrected chi connectivity index (χ1v) is 6.47. The number of carbonyl (C=O) groups excluding carboxylic acids is 1. The Morgan fingerprint density at radius 2 is 2.14 bits per heavy atom. The summed E-state index contributed by atoms with van der Waals surface area (Å²) in [5, 5.41) is 10.9. The van der Waals surface area contributed by atoms with Crippen molar-refractivity contribution in [2.24, 2.45) is 5.73 Å². The van der Waals surface area contributed by atoms with Crippen LogP contribution in [0.2, 0.25) is 0 Å². The quantitative estimate of drug-likeness (QED) is 0.488. The van der Waals surface area contributed by atoms with Gasteiger partial charge < -0.3 is 15.2 Å². The Hall–Kier alpha value is -2.15. The second-order valence-corrected chi connectivity index (χ2v) is 5.20. The average Bonchev–Trinajstić information content (AvgIpc) is 2.39. The number of nitrogens with zero attached hydrogens (tertiary/aromatic N) is 1. The predicted octanol–water partition coefficient (Wildman–Crippen LogP) is 1.95. The molecule has 7 nitrogen and oxygen atoms in total. The maximum absolute atomic E-state index is 11.5. The van der Waals surface area contributed by atoms with Crippen molar-refractivity contribution in [3.8, 4) is 5.75 Å². The summed E-state index contributed by atoms with van der Waals surface area (Å²) in [5.41, 5.74) is 5.13. The largest absolute Gasteiger partial charge is 0.490 e. The molecule has 0 amide bonds. The number of nitro groups is 1. The molecule has 2 unspecified atom stereocenters. The number of nitro benzene ring substituents is 1. The van der Waals surface area contributed by atoms with E-state index in [-0.39, 0.29) is 12.1 Å². The van der Waals surface area contributed by atoms with E-state index in [1.54, 1.807) is 32.9 Å². The smallest absolute Gasteiger partial charge is 0.325 e. The lowest BCUT2D eigenvalue weighted by atomic mass is 9.96. The van der Waals surface area contributed by atoms with Crippen LogP contribution in [0.5, 0.6) is 5.75 Å². The van der Waals surface area contributed by atoms with Crippen molar-refractivity contribution in [2.75, 3.05) is 7.11 Å². The Morgan fingerprint density at radius 1 is 1.52 bits per heavy atom. The fourth-order valence-electron chi connectivity index (χ4n) is 2.10. The Morgan fingerprint density at radius 3 is 2.67 bits per heavy atom. The van der Waals surface area contributed by atoms with Gasteiger partial charge in [-0.05, 0) is 26.8 Å². The van der Waals surface area contributed by atoms with E-state index in [1.807, 2.05) is 0 Å². The van der Waals surface area contributed by atoms with Gasteiger partial charge in [0.1, 0.15) is 11.3 Å². The number of nitrogens with two attached hydrogens (primary N) is 1. The number of hydrogen-bond acceptors (Lipinski definition) is 6. The molecule has 2 N–H and O–H groups in total. The molecule has 0 spiro atoms. The number of ether oxygens (including phenoxy) is 2. The summed E-state index contributed by atoms with van der Waals surface area (Å²) >= 11 is 0. The minimum atomic E-state index is -1.18. The van der Waals surface area contributed by atoms with Crippen molar-refractivity contribution in [3.63, 3.8) is 0 Å². The third-order valence-electron chi connectivity index (χ3n) is 3.14. The van der Waals surface area contributed by atoms with Crippen LogP contribution in [0.25, 0.3) is 0 Å². The molecule has 2 atom stereocenters. The predicted molar refractivity (Wildman–Crippen MR) is 77.1 cm³/mol. The Kier molecular flexibility index (Phi) is 5.26. The SMILES string of the molecule is COC(=O)C(C)(N)CC(C)Oc1cccc([N+](=O)[O-])c1C. The van der Waals surface area contributed by atoms with Gasteiger partial charge >= 0.3 is 5.97 Å². The Balaban J connectivity index is 2.85. The van der Waals surface area contributed by atoms with Gasteiger partial charge in [-0.1, -0.05) is 6.07 Å². The first kappa shape index (κ1) is 16.9. The van der Waals surface area contributed by atoms with Crippen LogP contribution >= 0.6 is 0 Å². The molecule has 0 aliphatic rings. The molecular weight excluding hydrogens is 276 g/mol. The summed E-state index contributed by atoms with van der Waals surface area (Å²) in [6.07, 6.45) is -0.179. The van der Waals surface area contributed by atoms with Crippen LogP contribution in [-0.2, 0) is 9.53 Å². The van der Waals surface area contributed by atoms with Gasteiger partial charge in [0.15, 0.2) is 0 Å². The summed E-state index contributed by atoms with van der Waals surface area (Å²) < 4.78 is 10.3. The number of rotatable bonds is 6. The molecule has 1 aromatic carbocycles. The number of carbonyl (C=O) groups is 1. The summed E-state index contributed by atoms with van der Waals surface area (Å²) in [6.45, 7) is 4.91. The maximum Gasteiger partial charge on any atom is 0.325 e. The van der Waals surface area contributed by atoms with E-state index in [0.717, 1.165) is 0 Å². The van der Waals surface area contributed by atoms with Crippen LogP contribution in [0.3, 0.4) is 0 Å². The summed E-state index contributed by atoms with van der Waals surface area (Å²) in [5.74, 6) is -0.133. The van der Waals surface area contributed by atoms with Gasteiger partial charge in [-0.3, -0.25) is 14.9 Å². The van der Waals surface area contributed by atoms with E-state index >= 15 is 0 Å². The van der Waals surface area contributed by atoms with Crippen molar-refractivity contribution in [3.05, 3.63) is 33.9 Å². The fourth-order valence-corrected chi connectivity index (χ4v) is 2.10. The highest BCUT2D eigenvalue weighted by molar-refractivity contribution is 5.79. The lowest BCUT2D eigenvalue weighted by Gasteiger charge is -2.26. The highest BCUT2D eigenvalue weighted by Crippen LogP contribution is 2.28. The van der Waals surface area contributed by atoms with Crippen molar-refractivity contribution < 1.29 is 19.2 Å². The van der Waals surface area contributed by atoms with Crippen molar-refractivity contribution in [1.82, 2.24) is 0 Å². The van der Waals surface area contributed by atoms with Crippen LogP contribution in [-0.4, -0.2) is 29.6 Å². The first-order valence-electron chi connectivity index (χ1n) is 6.47. The van der Waals surface area contributed by atoms with Crippen LogP contribution in [0.15, 0.2) is 18.2 Å². The molecule has 116 valence electrons. The molecule has 21 heavy (non-hydrogen) atoms. The maximum atomic E-state index is 11.5. The summed E-state index contributed by atoms with van der Waals surface area (Å²) in [7, 11) is 1.27. The molecule has 0 saturated heterocycles. The second-order valence-electron chi connectivity index (χ2n) is 5.20. The molecule has 0 bridgehead atoms. The highest BCUT2D eigenvalue weighted by atomic mass is 16.6. The van der Waals surface area contributed by atoms with Crippen molar-refractivity contribution >= 4 is 11.7 Å². The first-order chi connectivity index (χ1) is 9.69. The van der Waals surface area contributed by atoms with Crippen molar-refractivity contribution in [1.29, 1.82) is 0 Å². The molecule has 0 fully saturated rings. The fraction of sp³-hybridized carbons (Fsp3) is 0.500. The summed E-state index contributed by atoms with van der Waals surface area (Å²) in [6, 6.07) is 4.61. The van der Waals surface area contributed by atoms with Crippen molar-refractivity contribution in [2.45, 2.75) is 38.8 Å². The zero-order chi connectivity index (χ0) is 16.2. The van der Waals surface area contributed by atoms with Gasteiger partial charge in [-0.25, -0.2) is 0 Å². The molecule has 7 heteroatoms. The molecule has 0 aliphatic heterocycles. The third kappa shape index (κ3) is 4.16. The number of hydrogen-bond donors (Lipinski definition) is 1. The average molecular weight is 296 g/mol. The molecule has 1 aromatic rings. The van der Waals surface area contributed by atoms with Crippen LogP contribution < -0.4 is 10.5 Å². The van der Waals surface area contributed by atoms with Gasteiger partial charge in [-0.2, -0.15) is 0 Å². The van der Waals surface area contributed by atoms with Gasteiger partial charge in [0.2, 0.25) is 0 Å². The number of benzene rings is 1. The van der Waals surface area contributed by atoms with Crippen LogP contribution in [0.1, 0.15) is 25.8 Å². The van der Waals surface area contributed by atoms with Gasteiger partial charge in [-0.15, -0.1) is 0 Å². The normalized spacial score (nSPS) is 14.9. The monoisotopic (exact) mass is 296 g/mol. The molecule has 1 rings (SSSR count). The number of esters is 1. The third-order valence-corrected chi connectivity index (χ3v) is 3.14. The molecule has 0 saturated carbocycles. The van der Waals surface area contributed by atoms with E-state index in [9.17, 15) is 14.9 Å². The van der Waals surface area contributed by atoms with Crippen LogP contribution in [0.4, 0.5) is 5.69 Å². The number of methoxy groups -OCH3 is 1. The molecule has 0 aliphatic carbocycles. The molecule has 0 aromatic heterocycles. The Bertz CT molecular complexity index is 542. The molecular formula is C14H20N2O5. The minimum absolute atomic E-state index is 0.0109. The second kappa shape index (κ2) is 6.53. The zero-order valence-corrected chi connectivity index (χ0v) is 12.6. The van der Waals surface area contributed by atoms with Crippen LogP contribution in [0, 0.1) is 17.0 Å². The lowest BCUT2D eigenvalue weighted by Crippen LogP contribution is -2.48.